The monoisotopic (exact) mass is 288 g/mol. The molecule has 3 nitrogen and oxygen atoms in total. The van der Waals surface area contributed by atoms with Gasteiger partial charge >= 0.3 is 0 Å². The Labute approximate surface area is 128 Å². The van der Waals surface area contributed by atoms with Gasteiger partial charge in [-0.1, -0.05) is 31.0 Å². The maximum atomic E-state index is 12.0. The predicted molar refractivity (Wildman–Crippen MR) is 87.6 cm³/mol. The van der Waals surface area contributed by atoms with E-state index in [-0.39, 0.29) is 5.91 Å². The zero-order valence-electron chi connectivity index (χ0n) is 13.4. The first-order valence-corrected chi connectivity index (χ1v) is 8.29. The highest BCUT2D eigenvalue weighted by atomic mass is 16.1. The highest BCUT2D eigenvalue weighted by Gasteiger charge is 2.19. The summed E-state index contributed by atoms with van der Waals surface area (Å²) in [6.45, 7) is 7.39. The van der Waals surface area contributed by atoms with Crippen molar-refractivity contribution in [3.05, 3.63) is 35.4 Å². The second kappa shape index (κ2) is 8.18. The van der Waals surface area contributed by atoms with Crippen LogP contribution in [0, 0.1) is 6.92 Å². The molecule has 1 heterocycles. The van der Waals surface area contributed by atoms with Crippen LogP contribution in [0.5, 0.6) is 0 Å². The van der Waals surface area contributed by atoms with Gasteiger partial charge in [0.25, 0.3) is 5.91 Å². The van der Waals surface area contributed by atoms with Gasteiger partial charge in [-0.25, -0.2) is 0 Å². The molecule has 0 bridgehead atoms. The number of amides is 1. The molecule has 21 heavy (non-hydrogen) atoms. The summed E-state index contributed by atoms with van der Waals surface area (Å²) in [7, 11) is 0. The Morgan fingerprint density at radius 3 is 3.00 bits per heavy atom. The first kappa shape index (κ1) is 16.0. The number of carbonyl (C=O) groups excluding carboxylic acids is 1. The quantitative estimate of drug-likeness (QED) is 0.814. The van der Waals surface area contributed by atoms with Crippen molar-refractivity contribution in [2.45, 2.75) is 52.0 Å². The molecule has 1 aliphatic rings. The first-order chi connectivity index (χ1) is 10.2. The van der Waals surface area contributed by atoms with Gasteiger partial charge < -0.3 is 10.2 Å². The number of piperidine rings is 1. The number of hydrogen-bond acceptors (Lipinski definition) is 2. The molecule has 2 rings (SSSR count). The van der Waals surface area contributed by atoms with Crippen molar-refractivity contribution in [1.82, 2.24) is 10.2 Å². The Kier molecular flexibility index (Phi) is 6.24. The van der Waals surface area contributed by atoms with Crippen LogP contribution in [0.2, 0.25) is 0 Å². The normalized spacial score (nSPS) is 19.4. The van der Waals surface area contributed by atoms with Gasteiger partial charge in [0.15, 0.2) is 0 Å². The van der Waals surface area contributed by atoms with Crippen LogP contribution in [0.1, 0.15) is 54.9 Å². The molecule has 0 aromatic heterocycles. The molecule has 1 N–H and O–H groups in total. The SMILES string of the molecule is CCC1CCCCN1CCCNC(=O)c1cccc(C)c1. The molecule has 1 amide bonds. The smallest absolute Gasteiger partial charge is 0.251 e. The van der Waals surface area contributed by atoms with Gasteiger partial charge in [0.2, 0.25) is 0 Å². The molecule has 3 heteroatoms. The third-order valence-corrected chi connectivity index (χ3v) is 4.41. The molecule has 116 valence electrons. The predicted octanol–water partition coefficient (Wildman–Crippen LogP) is 3.38. The molecular weight excluding hydrogens is 260 g/mol. The lowest BCUT2D eigenvalue weighted by molar-refractivity contribution is 0.0947. The van der Waals surface area contributed by atoms with Crippen molar-refractivity contribution in [2.24, 2.45) is 0 Å². The Bertz CT molecular complexity index is 458. The van der Waals surface area contributed by atoms with E-state index in [0.29, 0.717) is 0 Å². The molecule has 1 saturated heterocycles. The molecule has 0 spiro atoms. The van der Waals surface area contributed by atoms with Crippen LogP contribution < -0.4 is 5.32 Å². The molecule has 1 aromatic rings. The van der Waals surface area contributed by atoms with Gasteiger partial charge in [-0.05, 0) is 51.3 Å². The number of hydrogen-bond donors (Lipinski definition) is 1. The second-order valence-electron chi connectivity index (χ2n) is 6.07. The van der Waals surface area contributed by atoms with E-state index in [1.807, 2.05) is 31.2 Å². The minimum absolute atomic E-state index is 0.0457. The fourth-order valence-corrected chi connectivity index (χ4v) is 3.19. The number of nitrogens with one attached hydrogen (secondary N) is 1. The number of benzene rings is 1. The molecule has 1 fully saturated rings. The highest BCUT2D eigenvalue weighted by Crippen LogP contribution is 2.19. The third kappa shape index (κ3) is 4.85. The molecule has 1 aromatic carbocycles. The molecule has 1 aliphatic heterocycles. The summed E-state index contributed by atoms with van der Waals surface area (Å²) in [6.07, 6.45) is 6.32. The zero-order valence-corrected chi connectivity index (χ0v) is 13.4. The molecular formula is C18H28N2O. The minimum atomic E-state index is 0.0457. The van der Waals surface area contributed by atoms with E-state index in [0.717, 1.165) is 36.7 Å². The summed E-state index contributed by atoms with van der Waals surface area (Å²) in [4.78, 5) is 14.6. The highest BCUT2D eigenvalue weighted by molar-refractivity contribution is 5.94. The number of aryl methyl sites for hydroxylation is 1. The summed E-state index contributed by atoms with van der Waals surface area (Å²) >= 11 is 0. The lowest BCUT2D eigenvalue weighted by Crippen LogP contribution is -2.40. The first-order valence-electron chi connectivity index (χ1n) is 8.29. The Morgan fingerprint density at radius 2 is 2.24 bits per heavy atom. The maximum Gasteiger partial charge on any atom is 0.251 e. The number of likely N-dealkylation sites (tertiary alicyclic amines) is 1. The van der Waals surface area contributed by atoms with Crippen LogP contribution in [-0.4, -0.2) is 36.5 Å². The topological polar surface area (TPSA) is 32.3 Å². The van der Waals surface area contributed by atoms with Gasteiger partial charge in [-0.15, -0.1) is 0 Å². The largest absolute Gasteiger partial charge is 0.352 e. The zero-order chi connectivity index (χ0) is 15.1. The summed E-state index contributed by atoms with van der Waals surface area (Å²) in [5, 5.41) is 3.03. The van der Waals surface area contributed by atoms with E-state index in [1.54, 1.807) is 0 Å². The van der Waals surface area contributed by atoms with Crippen molar-refractivity contribution in [1.29, 1.82) is 0 Å². The van der Waals surface area contributed by atoms with Crippen LogP contribution in [-0.2, 0) is 0 Å². The molecule has 1 unspecified atom stereocenters. The summed E-state index contributed by atoms with van der Waals surface area (Å²) in [5.41, 5.74) is 1.89. The number of nitrogens with zero attached hydrogens (tertiary/aromatic N) is 1. The average Bonchev–Trinajstić information content (AvgIpc) is 2.51. The second-order valence-corrected chi connectivity index (χ2v) is 6.07. The Hall–Kier alpha value is -1.35. The summed E-state index contributed by atoms with van der Waals surface area (Å²) < 4.78 is 0. The number of carbonyl (C=O) groups is 1. The van der Waals surface area contributed by atoms with Crippen molar-refractivity contribution < 1.29 is 4.79 Å². The fraction of sp³-hybridized carbons (Fsp3) is 0.611. The maximum absolute atomic E-state index is 12.0. The van der Waals surface area contributed by atoms with Crippen molar-refractivity contribution in [3.63, 3.8) is 0 Å². The van der Waals surface area contributed by atoms with Gasteiger partial charge in [-0.3, -0.25) is 4.79 Å². The lowest BCUT2D eigenvalue weighted by Gasteiger charge is -2.35. The minimum Gasteiger partial charge on any atom is -0.352 e. The van der Waals surface area contributed by atoms with E-state index in [9.17, 15) is 4.79 Å². The Balaban J connectivity index is 1.70. The van der Waals surface area contributed by atoms with Crippen LogP contribution >= 0.6 is 0 Å². The average molecular weight is 288 g/mol. The van der Waals surface area contributed by atoms with Gasteiger partial charge in [0, 0.05) is 24.7 Å². The molecule has 1 atom stereocenters. The van der Waals surface area contributed by atoms with Gasteiger partial charge in [-0.2, -0.15) is 0 Å². The molecule has 0 aliphatic carbocycles. The van der Waals surface area contributed by atoms with Gasteiger partial charge in [0.05, 0.1) is 0 Å². The van der Waals surface area contributed by atoms with E-state index < -0.39 is 0 Å². The van der Waals surface area contributed by atoms with Crippen molar-refractivity contribution in [3.8, 4) is 0 Å². The standard InChI is InChI=1S/C18H28N2O/c1-3-17-10-4-5-12-20(17)13-7-11-19-18(21)16-9-6-8-15(2)14-16/h6,8-9,14,17H,3-5,7,10-13H2,1-2H3,(H,19,21). The number of rotatable bonds is 6. The van der Waals surface area contributed by atoms with E-state index in [1.165, 1.54) is 32.2 Å². The Morgan fingerprint density at radius 1 is 1.38 bits per heavy atom. The van der Waals surface area contributed by atoms with E-state index in [4.69, 9.17) is 0 Å². The van der Waals surface area contributed by atoms with E-state index >= 15 is 0 Å². The summed E-state index contributed by atoms with van der Waals surface area (Å²) in [6, 6.07) is 8.51. The molecule has 0 saturated carbocycles. The van der Waals surface area contributed by atoms with Crippen LogP contribution in [0.15, 0.2) is 24.3 Å². The molecule has 0 radical (unpaired) electrons. The van der Waals surface area contributed by atoms with Crippen LogP contribution in [0.3, 0.4) is 0 Å². The van der Waals surface area contributed by atoms with Crippen molar-refractivity contribution >= 4 is 5.91 Å². The van der Waals surface area contributed by atoms with Crippen LogP contribution in [0.4, 0.5) is 0 Å². The van der Waals surface area contributed by atoms with Gasteiger partial charge in [0.1, 0.15) is 0 Å². The van der Waals surface area contributed by atoms with Crippen LogP contribution in [0.25, 0.3) is 0 Å². The van der Waals surface area contributed by atoms with Crippen molar-refractivity contribution in [2.75, 3.05) is 19.6 Å². The fourth-order valence-electron chi connectivity index (χ4n) is 3.19. The third-order valence-electron chi connectivity index (χ3n) is 4.41. The van der Waals surface area contributed by atoms with E-state index in [2.05, 4.69) is 17.1 Å². The lowest BCUT2D eigenvalue weighted by atomic mass is 10.00. The summed E-state index contributed by atoms with van der Waals surface area (Å²) in [5.74, 6) is 0.0457.